The summed E-state index contributed by atoms with van der Waals surface area (Å²) in [6.07, 6.45) is 0.763. The van der Waals surface area contributed by atoms with E-state index in [1.54, 1.807) is 6.20 Å². The number of urea groups is 1. The van der Waals surface area contributed by atoms with Gasteiger partial charge in [0.2, 0.25) is 10.0 Å². The number of amides is 2. The van der Waals surface area contributed by atoms with Crippen LogP contribution in [0.1, 0.15) is 43.2 Å². The lowest BCUT2D eigenvalue weighted by atomic mass is 9.96. The standard InChI is InChI=1S/C35H43ClN4O10S/c36-28-8-7-24(51(47,48)40-14-10-22(18-40)39-34(46)38-17-29(42)32(44)33(45)30(43)19-41)15-21(28)20-49-35(11-12-35)27-16-37-13-9-25(27)26-3-1-2-4-31(26)50-23-5-6-23/h1-4,7-9,13,15-16,22-23,29-30,32-33,41-45H,5-6,10-12,14,17-20H2,(H2,38,39,46)/t22?,29-,30+,32+,33+/m0/s1. The summed E-state index contributed by atoms with van der Waals surface area (Å²) in [6.45, 7) is -1.09. The molecule has 1 aliphatic heterocycles. The molecule has 51 heavy (non-hydrogen) atoms. The van der Waals surface area contributed by atoms with Gasteiger partial charge in [-0.1, -0.05) is 29.8 Å². The van der Waals surface area contributed by atoms with Gasteiger partial charge in [-0.3, -0.25) is 4.98 Å². The Balaban J connectivity index is 1.07. The maximum atomic E-state index is 13.7. The number of ether oxygens (including phenoxy) is 2. The second-order valence-corrected chi connectivity index (χ2v) is 15.6. The fourth-order valence-electron chi connectivity index (χ4n) is 6.12. The zero-order valence-electron chi connectivity index (χ0n) is 27.8. The van der Waals surface area contributed by atoms with Crippen molar-refractivity contribution in [1.82, 2.24) is 19.9 Å². The number of carbonyl (C=O) groups excluding carboxylic acids is 1. The van der Waals surface area contributed by atoms with E-state index in [1.807, 2.05) is 36.5 Å². The van der Waals surface area contributed by atoms with Crippen LogP contribution in [-0.4, -0.2) is 112 Å². The van der Waals surface area contributed by atoms with Crippen molar-refractivity contribution < 1.29 is 48.2 Å². The Hall–Kier alpha value is -3.38. The van der Waals surface area contributed by atoms with E-state index in [9.17, 15) is 33.6 Å². The Morgan fingerprint density at radius 2 is 1.76 bits per heavy atom. The zero-order valence-corrected chi connectivity index (χ0v) is 29.3. The highest BCUT2D eigenvalue weighted by molar-refractivity contribution is 7.89. The Kier molecular flexibility index (Phi) is 11.5. The molecule has 3 fully saturated rings. The second-order valence-electron chi connectivity index (χ2n) is 13.3. The minimum absolute atomic E-state index is 0.00434. The van der Waals surface area contributed by atoms with Gasteiger partial charge < -0.3 is 45.6 Å². The smallest absolute Gasteiger partial charge is 0.315 e. The minimum atomic E-state index is -3.97. The summed E-state index contributed by atoms with van der Waals surface area (Å²) in [5.74, 6) is 0.815. The molecule has 1 unspecified atom stereocenters. The number of pyridine rings is 1. The molecule has 2 saturated carbocycles. The molecule has 0 bridgehead atoms. The van der Waals surface area contributed by atoms with Gasteiger partial charge in [-0.2, -0.15) is 4.31 Å². The van der Waals surface area contributed by atoms with Gasteiger partial charge in [0.25, 0.3) is 0 Å². The molecule has 2 amide bonds. The maximum Gasteiger partial charge on any atom is 0.315 e. The molecule has 16 heteroatoms. The lowest BCUT2D eigenvalue weighted by molar-refractivity contribution is -0.113. The maximum absolute atomic E-state index is 13.7. The third kappa shape index (κ3) is 8.64. The van der Waals surface area contributed by atoms with Gasteiger partial charge >= 0.3 is 6.03 Å². The molecule has 2 aromatic carbocycles. The number of halogens is 1. The van der Waals surface area contributed by atoms with Gasteiger partial charge in [-0.05, 0) is 73.6 Å². The van der Waals surface area contributed by atoms with Crippen molar-refractivity contribution in [3.63, 3.8) is 0 Å². The molecular formula is C35H43ClN4O10S. The topological polar surface area (TPSA) is 211 Å². The van der Waals surface area contributed by atoms with Crippen LogP contribution in [-0.2, 0) is 27.0 Å². The van der Waals surface area contributed by atoms with Crippen molar-refractivity contribution >= 4 is 27.7 Å². The lowest BCUT2D eigenvalue weighted by Gasteiger charge is -2.26. The van der Waals surface area contributed by atoms with Crippen molar-refractivity contribution in [2.75, 3.05) is 26.2 Å². The molecule has 3 aromatic rings. The van der Waals surface area contributed by atoms with Gasteiger partial charge in [0, 0.05) is 54.2 Å². The quantitative estimate of drug-likeness (QED) is 0.112. The van der Waals surface area contributed by atoms with Crippen LogP contribution in [0.4, 0.5) is 4.79 Å². The Morgan fingerprint density at radius 1 is 1.02 bits per heavy atom. The Labute approximate surface area is 301 Å². The molecule has 0 radical (unpaired) electrons. The fraction of sp³-hybridized carbons (Fsp3) is 0.486. The van der Waals surface area contributed by atoms with Gasteiger partial charge in [-0.15, -0.1) is 0 Å². The van der Waals surface area contributed by atoms with E-state index in [-0.39, 0.29) is 30.7 Å². The van der Waals surface area contributed by atoms with E-state index in [0.717, 1.165) is 48.1 Å². The summed E-state index contributed by atoms with van der Waals surface area (Å²) in [5.41, 5.74) is 2.76. The molecule has 2 heterocycles. The van der Waals surface area contributed by atoms with Gasteiger partial charge in [-0.25, -0.2) is 13.2 Å². The monoisotopic (exact) mass is 746 g/mol. The van der Waals surface area contributed by atoms with E-state index >= 15 is 0 Å². The largest absolute Gasteiger partial charge is 0.490 e. The van der Waals surface area contributed by atoms with E-state index in [2.05, 4.69) is 15.6 Å². The molecule has 6 rings (SSSR count). The van der Waals surface area contributed by atoms with Crippen LogP contribution in [0.15, 0.2) is 65.8 Å². The average molecular weight is 747 g/mol. The van der Waals surface area contributed by atoms with Crippen LogP contribution in [0.3, 0.4) is 0 Å². The summed E-state index contributed by atoms with van der Waals surface area (Å²) in [6, 6.07) is 13.1. The Morgan fingerprint density at radius 3 is 2.49 bits per heavy atom. The van der Waals surface area contributed by atoms with Crippen molar-refractivity contribution in [1.29, 1.82) is 0 Å². The molecular weight excluding hydrogens is 704 g/mol. The highest BCUT2D eigenvalue weighted by Crippen LogP contribution is 2.53. The minimum Gasteiger partial charge on any atom is -0.490 e. The zero-order chi connectivity index (χ0) is 36.3. The van der Waals surface area contributed by atoms with E-state index in [4.69, 9.17) is 26.2 Å². The number of rotatable bonds is 16. The first-order valence-corrected chi connectivity index (χ1v) is 18.7. The number of benzene rings is 2. The normalized spacial score (nSPS) is 21.0. The van der Waals surface area contributed by atoms with Crippen LogP contribution in [0.5, 0.6) is 5.75 Å². The first-order chi connectivity index (χ1) is 24.4. The SMILES string of the molecule is O=C(NC[C@H](O)[C@@H](O)[C@H](O)[C@H](O)CO)NC1CCN(S(=O)(=O)c2ccc(Cl)c(COC3(c4cnccc4-c4ccccc4OC4CC4)CC3)c2)C1. The van der Waals surface area contributed by atoms with Crippen molar-refractivity contribution in [2.24, 2.45) is 0 Å². The molecule has 1 aromatic heterocycles. The Bertz CT molecular complexity index is 1810. The van der Waals surface area contributed by atoms with Crippen LogP contribution >= 0.6 is 11.6 Å². The predicted molar refractivity (Wildman–Crippen MR) is 185 cm³/mol. The number of nitrogens with one attached hydrogen (secondary N) is 2. The summed E-state index contributed by atoms with van der Waals surface area (Å²) in [4.78, 5) is 16.9. The highest BCUT2D eigenvalue weighted by Gasteiger charge is 2.48. The number of aliphatic hydroxyl groups excluding tert-OH is 5. The molecule has 7 N–H and O–H groups in total. The van der Waals surface area contributed by atoms with Crippen LogP contribution < -0.4 is 15.4 Å². The van der Waals surface area contributed by atoms with Gasteiger partial charge in [0.15, 0.2) is 0 Å². The average Bonchev–Trinajstić information content (AvgIpc) is 4.07. The number of hydrogen-bond donors (Lipinski definition) is 7. The number of sulfonamides is 1. The lowest BCUT2D eigenvalue weighted by Crippen LogP contribution is -2.51. The van der Waals surface area contributed by atoms with Gasteiger partial charge in [0.1, 0.15) is 24.1 Å². The molecule has 3 aliphatic rings. The summed E-state index contributed by atoms with van der Waals surface area (Å²) in [5, 5.41) is 53.4. The third-order valence-electron chi connectivity index (χ3n) is 9.45. The molecule has 2 aliphatic carbocycles. The number of aromatic nitrogens is 1. The van der Waals surface area contributed by atoms with Gasteiger partial charge in [0.05, 0.1) is 35.9 Å². The first-order valence-electron chi connectivity index (χ1n) is 16.9. The fourth-order valence-corrected chi connectivity index (χ4v) is 7.85. The molecule has 0 spiro atoms. The molecule has 5 atom stereocenters. The third-order valence-corrected chi connectivity index (χ3v) is 11.7. The predicted octanol–water partition coefficient (Wildman–Crippen LogP) is 1.65. The van der Waals surface area contributed by atoms with E-state index in [0.29, 0.717) is 17.0 Å². The number of hydrogen-bond acceptors (Lipinski definition) is 11. The molecule has 1 saturated heterocycles. The van der Waals surface area contributed by atoms with E-state index < -0.39 is 65.3 Å². The number of carbonyl (C=O) groups is 1. The van der Waals surface area contributed by atoms with Crippen LogP contribution in [0, 0.1) is 0 Å². The van der Waals surface area contributed by atoms with E-state index in [1.165, 1.54) is 22.5 Å². The number of aliphatic hydroxyl groups is 5. The molecule has 276 valence electrons. The summed E-state index contributed by atoms with van der Waals surface area (Å²) < 4.78 is 41.4. The number of nitrogens with zero attached hydrogens (tertiary/aromatic N) is 2. The van der Waals surface area contributed by atoms with Crippen molar-refractivity contribution in [3.05, 3.63) is 77.1 Å². The molecule has 14 nitrogen and oxygen atoms in total. The summed E-state index contributed by atoms with van der Waals surface area (Å²) >= 11 is 6.55. The first kappa shape index (κ1) is 37.4. The summed E-state index contributed by atoms with van der Waals surface area (Å²) in [7, 11) is -3.97. The van der Waals surface area contributed by atoms with Crippen molar-refractivity contribution in [3.8, 4) is 16.9 Å². The van der Waals surface area contributed by atoms with Crippen molar-refractivity contribution in [2.45, 2.75) is 85.8 Å². The second kappa shape index (κ2) is 15.7. The highest BCUT2D eigenvalue weighted by atomic mass is 35.5. The van der Waals surface area contributed by atoms with Crippen LogP contribution in [0.25, 0.3) is 11.1 Å². The van der Waals surface area contributed by atoms with Crippen LogP contribution in [0.2, 0.25) is 5.02 Å². The number of para-hydroxylation sites is 1.